The standard InChI is InChI=1S/C21H17FN4O2/c22-15-2-4-16(5-3-15)24-19-12-23-8-7-18(19)26-20(27)10-13-1-6-17-14(9-13)11-21(28)25-17/h1-9,12,24H,10-11H2,(H,25,28)(H,23,26,27). The van der Waals surface area contributed by atoms with E-state index < -0.39 is 0 Å². The number of pyridine rings is 1. The number of amides is 2. The number of nitrogens with one attached hydrogen (secondary N) is 3. The molecule has 0 unspecified atom stereocenters. The molecule has 3 aromatic rings. The van der Waals surface area contributed by atoms with Crippen molar-refractivity contribution in [3.05, 3.63) is 77.9 Å². The number of rotatable bonds is 5. The van der Waals surface area contributed by atoms with E-state index in [0.717, 1.165) is 16.8 Å². The number of hydrogen-bond donors (Lipinski definition) is 3. The van der Waals surface area contributed by atoms with Crippen LogP contribution in [0.15, 0.2) is 60.9 Å². The summed E-state index contributed by atoms with van der Waals surface area (Å²) < 4.78 is 13.1. The van der Waals surface area contributed by atoms with Crippen LogP contribution in [0.5, 0.6) is 0 Å². The molecule has 140 valence electrons. The first-order chi connectivity index (χ1) is 13.6. The van der Waals surface area contributed by atoms with Gasteiger partial charge in [-0.1, -0.05) is 12.1 Å². The highest BCUT2D eigenvalue weighted by Gasteiger charge is 2.18. The SMILES string of the molecule is O=C1Cc2cc(CC(=O)Nc3ccncc3Nc3ccc(F)cc3)ccc2N1. The second-order valence-corrected chi connectivity index (χ2v) is 6.49. The lowest BCUT2D eigenvalue weighted by Gasteiger charge is -2.13. The van der Waals surface area contributed by atoms with Crippen LogP contribution >= 0.6 is 0 Å². The quantitative estimate of drug-likeness (QED) is 0.635. The Kier molecular flexibility index (Phi) is 4.72. The van der Waals surface area contributed by atoms with Crippen LogP contribution in [-0.4, -0.2) is 16.8 Å². The summed E-state index contributed by atoms with van der Waals surface area (Å²) in [6.07, 6.45) is 3.68. The zero-order valence-corrected chi connectivity index (χ0v) is 14.8. The maximum absolute atomic E-state index is 13.1. The molecule has 28 heavy (non-hydrogen) atoms. The molecule has 7 heteroatoms. The van der Waals surface area contributed by atoms with E-state index in [1.165, 1.54) is 12.1 Å². The van der Waals surface area contributed by atoms with Crippen LogP contribution in [0.3, 0.4) is 0 Å². The zero-order chi connectivity index (χ0) is 19.5. The fourth-order valence-corrected chi connectivity index (χ4v) is 3.06. The van der Waals surface area contributed by atoms with Crippen LogP contribution in [0.25, 0.3) is 0 Å². The van der Waals surface area contributed by atoms with Crippen molar-refractivity contribution in [2.24, 2.45) is 0 Å². The molecular formula is C21H17FN4O2. The first-order valence-electron chi connectivity index (χ1n) is 8.75. The lowest BCUT2D eigenvalue weighted by Crippen LogP contribution is -2.15. The molecule has 0 fully saturated rings. The minimum Gasteiger partial charge on any atom is -0.353 e. The summed E-state index contributed by atoms with van der Waals surface area (Å²) in [4.78, 5) is 28.0. The third-order valence-corrected chi connectivity index (χ3v) is 4.38. The van der Waals surface area contributed by atoms with Crippen LogP contribution < -0.4 is 16.0 Å². The van der Waals surface area contributed by atoms with Crippen molar-refractivity contribution < 1.29 is 14.0 Å². The number of carbonyl (C=O) groups is 2. The monoisotopic (exact) mass is 376 g/mol. The van der Waals surface area contributed by atoms with Gasteiger partial charge in [-0.15, -0.1) is 0 Å². The smallest absolute Gasteiger partial charge is 0.228 e. The van der Waals surface area contributed by atoms with Gasteiger partial charge in [0.05, 0.1) is 30.4 Å². The third-order valence-electron chi connectivity index (χ3n) is 4.38. The maximum Gasteiger partial charge on any atom is 0.228 e. The molecule has 1 aromatic heterocycles. The molecule has 2 aromatic carbocycles. The normalized spacial score (nSPS) is 12.2. The van der Waals surface area contributed by atoms with Gasteiger partial charge in [0.15, 0.2) is 0 Å². The molecule has 1 aliphatic rings. The highest BCUT2D eigenvalue weighted by atomic mass is 19.1. The van der Waals surface area contributed by atoms with Gasteiger partial charge < -0.3 is 16.0 Å². The fourth-order valence-electron chi connectivity index (χ4n) is 3.06. The Bertz CT molecular complexity index is 1050. The van der Waals surface area contributed by atoms with Crippen LogP contribution in [0.2, 0.25) is 0 Å². The molecule has 4 rings (SSSR count). The summed E-state index contributed by atoms with van der Waals surface area (Å²) in [5.41, 5.74) is 4.39. The Morgan fingerprint density at radius 3 is 2.75 bits per heavy atom. The molecule has 0 saturated carbocycles. The summed E-state index contributed by atoms with van der Waals surface area (Å²) in [7, 11) is 0. The van der Waals surface area contributed by atoms with Crippen molar-refractivity contribution in [3.8, 4) is 0 Å². The lowest BCUT2D eigenvalue weighted by atomic mass is 10.1. The van der Waals surface area contributed by atoms with E-state index in [1.54, 1.807) is 30.6 Å². The molecule has 0 radical (unpaired) electrons. The second-order valence-electron chi connectivity index (χ2n) is 6.49. The molecule has 1 aliphatic heterocycles. The number of anilines is 4. The van der Waals surface area contributed by atoms with Crippen LogP contribution in [0.1, 0.15) is 11.1 Å². The molecule has 3 N–H and O–H groups in total. The van der Waals surface area contributed by atoms with Crippen molar-refractivity contribution in [2.75, 3.05) is 16.0 Å². The number of hydrogen-bond acceptors (Lipinski definition) is 4. The van der Waals surface area contributed by atoms with Crippen molar-refractivity contribution in [1.29, 1.82) is 0 Å². The van der Waals surface area contributed by atoms with Crippen molar-refractivity contribution >= 4 is 34.6 Å². The number of aromatic nitrogens is 1. The number of nitrogens with zero attached hydrogens (tertiary/aromatic N) is 1. The van der Waals surface area contributed by atoms with Gasteiger partial charge in [0.1, 0.15) is 5.82 Å². The maximum atomic E-state index is 13.1. The molecule has 6 nitrogen and oxygen atoms in total. The summed E-state index contributed by atoms with van der Waals surface area (Å²) >= 11 is 0. The molecule has 0 spiro atoms. The van der Waals surface area contributed by atoms with Gasteiger partial charge in [0.2, 0.25) is 11.8 Å². The van der Waals surface area contributed by atoms with Crippen LogP contribution in [0.4, 0.5) is 27.1 Å². The van der Waals surface area contributed by atoms with E-state index in [0.29, 0.717) is 23.5 Å². The van der Waals surface area contributed by atoms with Crippen LogP contribution in [-0.2, 0) is 22.4 Å². The predicted molar refractivity (Wildman–Crippen MR) is 105 cm³/mol. The summed E-state index contributed by atoms with van der Waals surface area (Å²) in [5.74, 6) is -0.549. The highest BCUT2D eigenvalue weighted by molar-refractivity contribution is 5.99. The summed E-state index contributed by atoms with van der Waals surface area (Å²) in [6, 6.07) is 13.1. The van der Waals surface area contributed by atoms with Gasteiger partial charge in [0.25, 0.3) is 0 Å². The van der Waals surface area contributed by atoms with Crippen molar-refractivity contribution in [3.63, 3.8) is 0 Å². The highest BCUT2D eigenvalue weighted by Crippen LogP contribution is 2.26. The first kappa shape index (κ1) is 17.7. The van der Waals surface area contributed by atoms with E-state index in [9.17, 15) is 14.0 Å². The van der Waals surface area contributed by atoms with E-state index in [2.05, 4.69) is 20.9 Å². The first-order valence-corrected chi connectivity index (χ1v) is 8.75. The molecule has 0 saturated heterocycles. The Labute approximate surface area is 160 Å². The predicted octanol–water partition coefficient (Wildman–Crippen LogP) is 3.64. The second kappa shape index (κ2) is 7.48. The Morgan fingerprint density at radius 1 is 1.11 bits per heavy atom. The summed E-state index contributed by atoms with van der Waals surface area (Å²) in [6.45, 7) is 0. The Hall–Kier alpha value is -3.74. The van der Waals surface area contributed by atoms with Crippen molar-refractivity contribution in [1.82, 2.24) is 4.98 Å². The van der Waals surface area contributed by atoms with Gasteiger partial charge in [-0.2, -0.15) is 0 Å². The molecule has 0 bridgehead atoms. The average molecular weight is 376 g/mol. The largest absolute Gasteiger partial charge is 0.353 e. The average Bonchev–Trinajstić information content (AvgIpc) is 3.04. The van der Waals surface area contributed by atoms with Gasteiger partial charge in [-0.3, -0.25) is 14.6 Å². The number of carbonyl (C=O) groups excluding carboxylic acids is 2. The van der Waals surface area contributed by atoms with Gasteiger partial charge in [0, 0.05) is 17.6 Å². The molecule has 2 amide bonds. The molecule has 0 aliphatic carbocycles. The molecular weight excluding hydrogens is 359 g/mol. The molecule has 0 atom stereocenters. The fraction of sp³-hybridized carbons (Fsp3) is 0.0952. The number of fused-ring (bicyclic) bond motifs is 1. The number of halogens is 1. The van der Waals surface area contributed by atoms with Gasteiger partial charge in [-0.05, 0) is 47.5 Å². The Balaban J connectivity index is 1.45. The number of benzene rings is 2. The minimum absolute atomic E-state index is 0.0371. The van der Waals surface area contributed by atoms with Crippen molar-refractivity contribution in [2.45, 2.75) is 12.8 Å². The summed E-state index contributed by atoms with van der Waals surface area (Å²) in [5, 5.41) is 8.76. The van der Waals surface area contributed by atoms with E-state index >= 15 is 0 Å². The van der Waals surface area contributed by atoms with Gasteiger partial charge in [-0.25, -0.2) is 4.39 Å². The van der Waals surface area contributed by atoms with Gasteiger partial charge >= 0.3 is 0 Å². The lowest BCUT2D eigenvalue weighted by molar-refractivity contribution is -0.116. The van der Waals surface area contributed by atoms with E-state index in [-0.39, 0.29) is 24.1 Å². The zero-order valence-electron chi connectivity index (χ0n) is 14.8. The minimum atomic E-state index is -0.323. The third kappa shape index (κ3) is 3.98. The topological polar surface area (TPSA) is 83.1 Å². The van der Waals surface area contributed by atoms with E-state index in [1.807, 2.05) is 18.2 Å². The molecule has 2 heterocycles. The van der Waals surface area contributed by atoms with Crippen LogP contribution in [0, 0.1) is 5.82 Å². The Morgan fingerprint density at radius 2 is 1.93 bits per heavy atom. The van der Waals surface area contributed by atoms with E-state index in [4.69, 9.17) is 0 Å².